The van der Waals surface area contributed by atoms with Crippen molar-refractivity contribution in [1.82, 2.24) is 14.7 Å². The number of rotatable bonds is 6. The van der Waals surface area contributed by atoms with Crippen LogP contribution in [0.4, 0.5) is 0 Å². The molecular weight excluding hydrogens is 348 g/mol. The van der Waals surface area contributed by atoms with Crippen molar-refractivity contribution in [2.45, 2.75) is 6.42 Å². The molecule has 0 aliphatic heterocycles. The van der Waals surface area contributed by atoms with E-state index in [1.165, 1.54) is 6.08 Å². The monoisotopic (exact) mass is 362 g/mol. The number of methoxy groups -OCH3 is 1. The van der Waals surface area contributed by atoms with Crippen LogP contribution in [0.15, 0.2) is 34.6 Å². The van der Waals surface area contributed by atoms with Crippen LogP contribution in [0, 0.1) is 11.3 Å². The second-order valence-electron chi connectivity index (χ2n) is 4.53. The highest BCUT2D eigenvalue weighted by molar-refractivity contribution is 9.10. The Morgan fingerprint density at radius 1 is 1.59 bits per heavy atom. The molecular formula is C15H15BrN4O2. The zero-order valence-corrected chi connectivity index (χ0v) is 13.6. The Balaban J connectivity index is 2.18. The largest absolute Gasteiger partial charge is 0.385 e. The number of pyridine rings is 1. The van der Waals surface area contributed by atoms with Gasteiger partial charge in [0.25, 0.3) is 5.91 Å². The average molecular weight is 363 g/mol. The Morgan fingerprint density at radius 3 is 3.14 bits per heavy atom. The topological polar surface area (TPSA) is 79.4 Å². The lowest BCUT2D eigenvalue weighted by molar-refractivity contribution is -0.117. The molecule has 2 aromatic heterocycles. The number of nitrogens with one attached hydrogen (secondary N) is 1. The van der Waals surface area contributed by atoms with Gasteiger partial charge in [-0.15, -0.1) is 0 Å². The van der Waals surface area contributed by atoms with Crippen LogP contribution in [0.5, 0.6) is 0 Å². The Labute approximate surface area is 136 Å². The quantitative estimate of drug-likeness (QED) is 0.485. The number of imidazole rings is 1. The predicted molar refractivity (Wildman–Crippen MR) is 86.0 cm³/mol. The number of aromatic nitrogens is 2. The minimum absolute atomic E-state index is 0.0409. The second kappa shape index (κ2) is 7.73. The van der Waals surface area contributed by atoms with E-state index < -0.39 is 5.91 Å². The lowest BCUT2D eigenvalue weighted by atomic mass is 10.2. The van der Waals surface area contributed by atoms with Gasteiger partial charge in [0.15, 0.2) is 0 Å². The molecule has 22 heavy (non-hydrogen) atoms. The van der Waals surface area contributed by atoms with Crippen LogP contribution in [0.2, 0.25) is 0 Å². The molecule has 0 radical (unpaired) electrons. The molecule has 0 bridgehead atoms. The third-order valence-electron chi connectivity index (χ3n) is 2.97. The van der Waals surface area contributed by atoms with E-state index in [0.29, 0.717) is 25.3 Å². The van der Waals surface area contributed by atoms with Gasteiger partial charge < -0.3 is 10.1 Å². The fraction of sp³-hybridized carbons (Fsp3) is 0.267. The number of carbonyl (C=O) groups excluding carboxylic acids is 1. The van der Waals surface area contributed by atoms with Crippen molar-refractivity contribution in [3.63, 3.8) is 0 Å². The molecule has 6 nitrogen and oxygen atoms in total. The smallest absolute Gasteiger partial charge is 0.262 e. The number of amides is 1. The first-order valence-electron chi connectivity index (χ1n) is 6.67. The maximum absolute atomic E-state index is 12.0. The highest BCUT2D eigenvalue weighted by atomic mass is 79.9. The molecule has 0 saturated carbocycles. The summed E-state index contributed by atoms with van der Waals surface area (Å²) >= 11 is 3.39. The van der Waals surface area contributed by atoms with Crippen LogP contribution >= 0.6 is 15.9 Å². The Kier molecular flexibility index (Phi) is 5.69. The maximum atomic E-state index is 12.0. The van der Waals surface area contributed by atoms with Crippen molar-refractivity contribution >= 4 is 33.6 Å². The molecule has 1 N–H and O–H groups in total. The third-order valence-corrected chi connectivity index (χ3v) is 3.44. The van der Waals surface area contributed by atoms with E-state index in [1.807, 2.05) is 24.4 Å². The highest BCUT2D eigenvalue weighted by Gasteiger charge is 2.10. The highest BCUT2D eigenvalue weighted by Crippen LogP contribution is 2.15. The van der Waals surface area contributed by atoms with E-state index in [-0.39, 0.29) is 5.57 Å². The zero-order valence-electron chi connectivity index (χ0n) is 12.0. The van der Waals surface area contributed by atoms with Crippen molar-refractivity contribution in [1.29, 1.82) is 5.26 Å². The minimum atomic E-state index is -0.399. The van der Waals surface area contributed by atoms with Crippen molar-refractivity contribution in [3.05, 3.63) is 40.3 Å². The van der Waals surface area contributed by atoms with Gasteiger partial charge in [-0.2, -0.15) is 5.26 Å². The molecule has 114 valence electrons. The van der Waals surface area contributed by atoms with E-state index in [0.717, 1.165) is 10.1 Å². The Bertz CT molecular complexity index is 746. The van der Waals surface area contributed by atoms with E-state index in [1.54, 1.807) is 17.7 Å². The molecule has 0 atom stereocenters. The summed E-state index contributed by atoms with van der Waals surface area (Å²) in [5.41, 5.74) is 1.45. The molecule has 2 rings (SSSR count). The molecule has 7 heteroatoms. The normalized spacial score (nSPS) is 11.4. The number of hydrogen-bond acceptors (Lipinski definition) is 4. The van der Waals surface area contributed by atoms with Crippen LogP contribution in [-0.4, -0.2) is 35.6 Å². The summed E-state index contributed by atoms with van der Waals surface area (Å²) in [7, 11) is 1.60. The summed E-state index contributed by atoms with van der Waals surface area (Å²) < 4.78 is 7.60. The number of fused-ring (bicyclic) bond motifs is 1. The fourth-order valence-corrected chi connectivity index (χ4v) is 2.23. The van der Waals surface area contributed by atoms with Gasteiger partial charge in [-0.05, 0) is 40.6 Å². The first-order chi connectivity index (χ1) is 10.7. The summed E-state index contributed by atoms with van der Waals surface area (Å²) in [6, 6.07) is 5.65. The fourth-order valence-electron chi connectivity index (χ4n) is 1.89. The standard InChI is InChI=1S/C15H15BrN4O2/c1-22-6-2-5-18-15(21)11(8-17)7-13-9-19-14-4-3-12(16)10-20(13)14/h3-4,7,9-10H,2,5-6H2,1H3,(H,18,21). The number of carbonyl (C=O) groups is 1. The van der Waals surface area contributed by atoms with Gasteiger partial charge in [-0.3, -0.25) is 9.20 Å². The number of hydrogen-bond donors (Lipinski definition) is 1. The summed E-state index contributed by atoms with van der Waals surface area (Å²) in [6.07, 6.45) is 5.68. The molecule has 2 aromatic rings. The Hall–Kier alpha value is -2.17. The molecule has 0 aromatic carbocycles. The first-order valence-corrected chi connectivity index (χ1v) is 7.46. The lowest BCUT2D eigenvalue weighted by Gasteiger charge is -2.04. The predicted octanol–water partition coefficient (Wildman–Crippen LogP) is 2.16. The van der Waals surface area contributed by atoms with Gasteiger partial charge in [-0.25, -0.2) is 4.98 Å². The first kappa shape index (κ1) is 16.2. The van der Waals surface area contributed by atoms with E-state index in [2.05, 4.69) is 26.2 Å². The SMILES string of the molecule is COCCCNC(=O)C(C#N)=Cc1cnc2ccc(Br)cn12. The molecule has 0 fully saturated rings. The summed E-state index contributed by atoms with van der Waals surface area (Å²) in [6.45, 7) is 1.03. The van der Waals surface area contributed by atoms with Crippen LogP contribution in [0.3, 0.4) is 0 Å². The van der Waals surface area contributed by atoms with Crippen molar-refractivity contribution in [2.24, 2.45) is 0 Å². The van der Waals surface area contributed by atoms with Crippen LogP contribution in [-0.2, 0) is 9.53 Å². The van der Waals surface area contributed by atoms with Crippen molar-refractivity contribution in [2.75, 3.05) is 20.3 Å². The minimum Gasteiger partial charge on any atom is -0.385 e. The van der Waals surface area contributed by atoms with Crippen molar-refractivity contribution in [3.8, 4) is 6.07 Å². The van der Waals surface area contributed by atoms with Crippen LogP contribution in [0.25, 0.3) is 11.7 Å². The average Bonchev–Trinajstić information content (AvgIpc) is 2.91. The van der Waals surface area contributed by atoms with E-state index in [9.17, 15) is 10.1 Å². The van der Waals surface area contributed by atoms with Gasteiger partial charge in [-0.1, -0.05) is 0 Å². The molecule has 0 saturated heterocycles. The van der Waals surface area contributed by atoms with E-state index in [4.69, 9.17) is 4.74 Å². The maximum Gasteiger partial charge on any atom is 0.262 e. The molecule has 2 heterocycles. The van der Waals surface area contributed by atoms with Gasteiger partial charge in [0.1, 0.15) is 17.3 Å². The molecule has 0 aliphatic carbocycles. The van der Waals surface area contributed by atoms with Crippen LogP contribution in [0.1, 0.15) is 12.1 Å². The van der Waals surface area contributed by atoms with Crippen molar-refractivity contribution < 1.29 is 9.53 Å². The van der Waals surface area contributed by atoms with Crippen LogP contribution < -0.4 is 5.32 Å². The lowest BCUT2D eigenvalue weighted by Crippen LogP contribution is -2.26. The van der Waals surface area contributed by atoms with Gasteiger partial charge in [0, 0.05) is 30.9 Å². The number of nitrogens with zero attached hydrogens (tertiary/aromatic N) is 3. The zero-order chi connectivity index (χ0) is 15.9. The van der Waals surface area contributed by atoms with Gasteiger partial charge >= 0.3 is 0 Å². The van der Waals surface area contributed by atoms with Gasteiger partial charge in [0.05, 0.1) is 11.9 Å². The number of halogens is 1. The van der Waals surface area contributed by atoms with E-state index >= 15 is 0 Å². The summed E-state index contributed by atoms with van der Waals surface area (Å²) in [4.78, 5) is 16.2. The third kappa shape index (κ3) is 3.93. The molecule has 0 unspecified atom stereocenters. The summed E-state index contributed by atoms with van der Waals surface area (Å²) in [5, 5.41) is 11.9. The summed E-state index contributed by atoms with van der Waals surface area (Å²) in [5.74, 6) is -0.399. The van der Waals surface area contributed by atoms with Gasteiger partial charge in [0.2, 0.25) is 0 Å². The molecule has 0 aliphatic rings. The number of nitriles is 1. The Morgan fingerprint density at radius 2 is 2.41 bits per heavy atom. The molecule has 0 spiro atoms. The number of ether oxygens (including phenoxy) is 1. The molecule has 1 amide bonds. The second-order valence-corrected chi connectivity index (χ2v) is 5.45.